The Morgan fingerprint density at radius 3 is 2.83 bits per heavy atom. The molecule has 6 rings (SSSR count). The quantitative estimate of drug-likeness (QED) is 0.639. The Balaban J connectivity index is 1.57. The number of hydrogen-bond donors (Lipinski definition) is 3. The lowest BCUT2D eigenvalue weighted by molar-refractivity contribution is -0.951. The van der Waals surface area contributed by atoms with Crippen LogP contribution in [0.5, 0.6) is 11.5 Å². The summed E-state index contributed by atoms with van der Waals surface area (Å²) in [4.78, 5) is 0. The van der Waals surface area contributed by atoms with Crippen molar-refractivity contribution in [2.75, 3.05) is 26.7 Å². The number of aromatic hydroxyl groups is 1. The summed E-state index contributed by atoms with van der Waals surface area (Å²) in [6.07, 6.45) is 3.61. The van der Waals surface area contributed by atoms with E-state index in [-0.39, 0.29) is 11.8 Å². The maximum atomic E-state index is 12.8. The zero-order valence-electron chi connectivity index (χ0n) is 18.0. The fraction of sp³-hybridized carbons (Fsp3) is 0.750. The molecular weight excluding hydrogens is 382 g/mol. The summed E-state index contributed by atoms with van der Waals surface area (Å²) < 4.78 is 13.4. The molecular formula is C24H34NO5+. The highest BCUT2D eigenvalue weighted by molar-refractivity contribution is 5.62. The first-order chi connectivity index (χ1) is 14.3. The lowest BCUT2D eigenvalue weighted by Gasteiger charge is -2.67. The van der Waals surface area contributed by atoms with Crippen molar-refractivity contribution in [2.24, 2.45) is 5.92 Å². The van der Waals surface area contributed by atoms with Gasteiger partial charge in [0.1, 0.15) is 12.1 Å². The summed E-state index contributed by atoms with van der Waals surface area (Å²) >= 11 is 0. The van der Waals surface area contributed by atoms with Crippen LogP contribution in [0.25, 0.3) is 0 Å². The Morgan fingerprint density at radius 1 is 1.30 bits per heavy atom. The Labute approximate surface area is 178 Å². The Bertz CT molecular complexity index is 887. The summed E-state index contributed by atoms with van der Waals surface area (Å²) in [7, 11) is 2.31. The zero-order chi connectivity index (χ0) is 20.9. The van der Waals surface area contributed by atoms with Gasteiger partial charge in [0.25, 0.3) is 0 Å². The molecule has 1 saturated heterocycles. The van der Waals surface area contributed by atoms with E-state index in [1.807, 2.05) is 6.07 Å². The molecule has 1 aromatic carbocycles. The van der Waals surface area contributed by atoms with E-state index in [2.05, 4.69) is 14.0 Å². The van der Waals surface area contributed by atoms with Gasteiger partial charge in [-0.2, -0.15) is 0 Å². The molecule has 3 fully saturated rings. The van der Waals surface area contributed by atoms with E-state index >= 15 is 0 Å². The third-order valence-electron chi connectivity index (χ3n) is 9.00. The monoisotopic (exact) mass is 416 g/mol. The summed E-state index contributed by atoms with van der Waals surface area (Å²) in [5.41, 5.74) is 0.243. The van der Waals surface area contributed by atoms with Crippen molar-refractivity contribution in [3.63, 3.8) is 0 Å². The van der Waals surface area contributed by atoms with Crippen LogP contribution in [0.1, 0.15) is 50.2 Å². The molecule has 0 radical (unpaired) electrons. The first-order valence-electron chi connectivity index (χ1n) is 11.7. The Hall–Kier alpha value is -1.34. The first kappa shape index (κ1) is 19.4. The van der Waals surface area contributed by atoms with Gasteiger partial charge in [0, 0.05) is 37.4 Å². The van der Waals surface area contributed by atoms with Crippen LogP contribution in [0.2, 0.25) is 0 Å². The van der Waals surface area contributed by atoms with E-state index in [4.69, 9.17) is 9.47 Å². The van der Waals surface area contributed by atoms with E-state index in [0.717, 1.165) is 53.9 Å². The van der Waals surface area contributed by atoms with Gasteiger partial charge in [-0.3, -0.25) is 0 Å². The number of piperidine rings is 1. The van der Waals surface area contributed by atoms with Crippen molar-refractivity contribution in [3.05, 3.63) is 23.3 Å². The fourth-order valence-electron chi connectivity index (χ4n) is 7.60. The van der Waals surface area contributed by atoms with Gasteiger partial charge in [-0.25, -0.2) is 0 Å². The third kappa shape index (κ3) is 2.18. The molecule has 164 valence electrons. The molecule has 2 heterocycles. The highest BCUT2D eigenvalue weighted by Crippen LogP contribution is 2.66. The van der Waals surface area contributed by atoms with Crippen molar-refractivity contribution >= 4 is 0 Å². The minimum absolute atomic E-state index is 0.00435. The third-order valence-corrected chi connectivity index (χ3v) is 9.00. The normalized spacial score (nSPS) is 45.7. The second-order valence-electron chi connectivity index (χ2n) is 10.7. The number of quaternary nitrogens is 1. The zero-order valence-corrected chi connectivity index (χ0v) is 18.0. The van der Waals surface area contributed by atoms with Crippen molar-refractivity contribution in [1.82, 2.24) is 0 Å². The van der Waals surface area contributed by atoms with Gasteiger partial charge in [-0.1, -0.05) is 13.0 Å². The topological polar surface area (TPSA) is 79.2 Å². The lowest BCUT2D eigenvalue weighted by atomic mass is 9.47. The summed E-state index contributed by atoms with van der Waals surface area (Å²) in [6, 6.07) is 3.71. The average molecular weight is 417 g/mol. The molecule has 0 amide bonds. The molecule has 0 aromatic heterocycles. The number of phenolic OH excluding ortho intramolecular Hbond substituents is 1. The molecule has 30 heavy (non-hydrogen) atoms. The highest BCUT2D eigenvalue weighted by Gasteiger charge is 2.79. The van der Waals surface area contributed by atoms with Crippen molar-refractivity contribution in [3.8, 4) is 11.5 Å². The molecule has 3 N–H and O–H groups in total. The van der Waals surface area contributed by atoms with E-state index < -0.39 is 29.3 Å². The molecule has 1 spiro atoms. The number of benzene rings is 1. The van der Waals surface area contributed by atoms with Crippen molar-refractivity contribution in [1.29, 1.82) is 0 Å². The van der Waals surface area contributed by atoms with Gasteiger partial charge < -0.3 is 29.3 Å². The van der Waals surface area contributed by atoms with Crippen LogP contribution in [0.4, 0.5) is 0 Å². The van der Waals surface area contributed by atoms with E-state index in [1.54, 1.807) is 6.07 Å². The number of rotatable bonds is 5. The highest BCUT2D eigenvalue weighted by atomic mass is 16.5. The van der Waals surface area contributed by atoms with Crippen LogP contribution in [-0.2, 0) is 16.6 Å². The van der Waals surface area contributed by atoms with Crippen LogP contribution in [0.3, 0.4) is 0 Å². The lowest BCUT2D eigenvalue weighted by Crippen LogP contribution is -2.85. The van der Waals surface area contributed by atoms with Gasteiger partial charge >= 0.3 is 0 Å². The molecule has 6 nitrogen and oxygen atoms in total. The van der Waals surface area contributed by atoms with Crippen LogP contribution in [0, 0.1) is 5.92 Å². The largest absolute Gasteiger partial charge is 0.504 e. The number of phenols is 1. The van der Waals surface area contributed by atoms with Gasteiger partial charge in [-0.05, 0) is 30.9 Å². The number of ether oxygens (including phenoxy) is 2. The fourth-order valence-corrected chi connectivity index (χ4v) is 7.60. The summed E-state index contributed by atoms with van der Waals surface area (Å²) in [5, 5.41) is 34.5. The molecule has 7 atom stereocenters. The van der Waals surface area contributed by atoms with Crippen LogP contribution < -0.4 is 4.74 Å². The Kier molecular flexibility index (Phi) is 3.95. The van der Waals surface area contributed by atoms with E-state index in [1.165, 1.54) is 12.8 Å². The smallest absolute Gasteiger partial charge is 0.165 e. The molecule has 2 unspecified atom stereocenters. The second kappa shape index (κ2) is 6.12. The number of aliphatic hydroxyl groups is 2. The van der Waals surface area contributed by atoms with Gasteiger partial charge in [0.2, 0.25) is 0 Å². The molecule has 2 aliphatic heterocycles. The number of nitrogens with zero attached hydrogens (tertiary/aromatic N) is 1. The summed E-state index contributed by atoms with van der Waals surface area (Å²) in [5.74, 6) is 1.34. The standard InChI is InChI=1S/C24H33NO5/c1-3-10-29-19-12-17(27)22-23-8-9-25(2,13-14-4-5-14)18(24(19,23)28)11-15-6-7-16(26)21(30-22)20(15)23/h6-7,14,17-19,22,27-28H,3-5,8-13H2,1-2H3/p+1/t17-,18-,19?,22+,23+,24?,25-/m1/s1. The van der Waals surface area contributed by atoms with E-state index in [0.29, 0.717) is 18.8 Å². The summed E-state index contributed by atoms with van der Waals surface area (Å²) in [6.45, 7) is 4.69. The van der Waals surface area contributed by atoms with Gasteiger partial charge in [0.05, 0.1) is 37.8 Å². The number of hydrogen-bond acceptors (Lipinski definition) is 5. The van der Waals surface area contributed by atoms with Crippen molar-refractivity contribution < 1.29 is 29.3 Å². The number of aliphatic hydroxyl groups excluding tert-OH is 1. The predicted molar refractivity (Wildman–Crippen MR) is 111 cm³/mol. The SMILES string of the molecule is CCCOC1C[C@@H](O)[C@@H]2Oc3c(O)ccc4c3[C@@]23CC[N@+](C)(CC2CC2)[C@H](C4)C13O. The van der Waals surface area contributed by atoms with Crippen LogP contribution >= 0.6 is 0 Å². The molecule has 1 aromatic rings. The van der Waals surface area contributed by atoms with Crippen LogP contribution in [-0.4, -0.2) is 76.5 Å². The second-order valence-corrected chi connectivity index (χ2v) is 10.7. The van der Waals surface area contributed by atoms with E-state index in [9.17, 15) is 15.3 Å². The molecule has 6 heteroatoms. The molecule has 3 aliphatic carbocycles. The number of likely N-dealkylation sites (tertiary alicyclic amines) is 1. The minimum atomic E-state index is -1.12. The maximum Gasteiger partial charge on any atom is 0.165 e. The predicted octanol–water partition coefficient (Wildman–Crippen LogP) is 1.87. The van der Waals surface area contributed by atoms with Crippen molar-refractivity contribution in [2.45, 2.75) is 80.8 Å². The molecule has 2 saturated carbocycles. The van der Waals surface area contributed by atoms with Crippen LogP contribution in [0.15, 0.2) is 12.1 Å². The molecule has 2 bridgehead atoms. The van der Waals surface area contributed by atoms with Gasteiger partial charge in [-0.15, -0.1) is 0 Å². The minimum Gasteiger partial charge on any atom is -0.504 e. The van der Waals surface area contributed by atoms with Gasteiger partial charge in [0.15, 0.2) is 17.1 Å². The average Bonchev–Trinajstić information content (AvgIpc) is 3.44. The molecule has 5 aliphatic rings. The first-order valence-corrected chi connectivity index (χ1v) is 11.7. The Morgan fingerprint density at radius 2 is 2.10 bits per heavy atom. The maximum absolute atomic E-state index is 12.8. The number of likely N-dealkylation sites (N-methyl/N-ethyl adjacent to an activating group) is 1.